The first-order valence-electron chi connectivity index (χ1n) is 8.60. The largest absolute Gasteiger partial charge is 0.322 e. The van der Waals surface area contributed by atoms with Gasteiger partial charge < -0.3 is 5.32 Å². The van der Waals surface area contributed by atoms with Crippen LogP contribution in [0.4, 0.5) is 17.1 Å². The number of carbonyl (C=O) groups excluding carboxylic acids is 1. The number of carbonyl (C=O) groups is 1. The second kappa shape index (κ2) is 8.52. The third-order valence-electron chi connectivity index (χ3n) is 4.17. The molecule has 0 heterocycles. The van der Waals surface area contributed by atoms with Gasteiger partial charge in [-0.2, -0.15) is 0 Å². The maximum atomic E-state index is 12.6. The van der Waals surface area contributed by atoms with Crippen LogP contribution >= 0.6 is 11.6 Å². The Balaban J connectivity index is 1.75. The number of nitrogens with one attached hydrogen (secondary N) is 2. The zero-order valence-corrected chi connectivity index (χ0v) is 17.2. The van der Waals surface area contributed by atoms with Crippen molar-refractivity contribution in [3.63, 3.8) is 0 Å². The minimum Gasteiger partial charge on any atom is -0.322 e. The van der Waals surface area contributed by atoms with Gasteiger partial charge in [0.1, 0.15) is 0 Å². The average molecular weight is 446 g/mol. The quantitative estimate of drug-likeness (QED) is 0.424. The molecule has 0 spiro atoms. The van der Waals surface area contributed by atoms with Gasteiger partial charge >= 0.3 is 0 Å². The summed E-state index contributed by atoms with van der Waals surface area (Å²) in [6.45, 7) is 1.52. The summed E-state index contributed by atoms with van der Waals surface area (Å²) in [6.07, 6.45) is 0. The number of halogens is 1. The molecular formula is C20H16ClN3O5S. The topological polar surface area (TPSA) is 118 Å². The van der Waals surface area contributed by atoms with Gasteiger partial charge in [0, 0.05) is 33.6 Å². The van der Waals surface area contributed by atoms with E-state index < -0.39 is 14.9 Å². The molecule has 0 aromatic heterocycles. The normalized spacial score (nSPS) is 11.0. The first-order valence-corrected chi connectivity index (χ1v) is 10.5. The Bertz CT molecular complexity index is 1230. The van der Waals surface area contributed by atoms with Crippen LogP contribution in [0.15, 0.2) is 71.6 Å². The fourth-order valence-electron chi connectivity index (χ4n) is 2.63. The molecule has 3 aromatic carbocycles. The molecule has 1 amide bonds. The molecule has 154 valence electrons. The average Bonchev–Trinajstić information content (AvgIpc) is 2.68. The van der Waals surface area contributed by atoms with Gasteiger partial charge in [-0.3, -0.25) is 19.6 Å². The highest BCUT2D eigenvalue weighted by Gasteiger charge is 2.20. The van der Waals surface area contributed by atoms with Crippen LogP contribution < -0.4 is 10.0 Å². The summed E-state index contributed by atoms with van der Waals surface area (Å²) in [5.41, 5.74) is 1.11. The summed E-state index contributed by atoms with van der Waals surface area (Å²) in [4.78, 5) is 22.5. The van der Waals surface area contributed by atoms with E-state index in [4.69, 9.17) is 11.6 Å². The number of sulfonamides is 1. The van der Waals surface area contributed by atoms with Crippen LogP contribution in [0.5, 0.6) is 0 Å². The lowest BCUT2D eigenvalue weighted by atomic mass is 10.2. The van der Waals surface area contributed by atoms with Crippen molar-refractivity contribution < 1.29 is 18.1 Å². The summed E-state index contributed by atoms with van der Waals surface area (Å²) in [6, 6.07) is 16.1. The number of hydrogen-bond donors (Lipinski definition) is 2. The zero-order chi connectivity index (χ0) is 21.9. The number of benzene rings is 3. The Kier molecular flexibility index (Phi) is 6.04. The second-order valence-electron chi connectivity index (χ2n) is 6.35. The SMILES string of the molecule is Cc1ccc(S(=O)(=O)Nc2ccc(C(=O)Nc3cccc(Cl)c3)cc2)cc1[N+](=O)[O-]. The van der Waals surface area contributed by atoms with Gasteiger partial charge in [-0.1, -0.05) is 23.7 Å². The van der Waals surface area contributed by atoms with Crippen molar-refractivity contribution in [2.45, 2.75) is 11.8 Å². The van der Waals surface area contributed by atoms with Crippen LogP contribution in [-0.4, -0.2) is 19.2 Å². The third-order valence-corrected chi connectivity index (χ3v) is 5.78. The highest BCUT2D eigenvalue weighted by atomic mass is 35.5. The van der Waals surface area contributed by atoms with Gasteiger partial charge in [-0.15, -0.1) is 0 Å². The summed E-state index contributed by atoms with van der Waals surface area (Å²) in [7, 11) is -4.04. The molecule has 0 aliphatic carbocycles. The molecule has 30 heavy (non-hydrogen) atoms. The van der Waals surface area contributed by atoms with Crippen molar-refractivity contribution >= 4 is 44.6 Å². The van der Waals surface area contributed by atoms with Crippen molar-refractivity contribution in [2.75, 3.05) is 10.0 Å². The van der Waals surface area contributed by atoms with Gasteiger partial charge in [-0.05, 0) is 55.5 Å². The predicted octanol–water partition coefficient (Wildman–Crippen LogP) is 4.61. The second-order valence-corrected chi connectivity index (χ2v) is 8.47. The Labute approximate surface area is 177 Å². The Morgan fingerprint density at radius 2 is 1.70 bits per heavy atom. The summed E-state index contributed by atoms with van der Waals surface area (Å²) in [5, 5.41) is 14.2. The molecule has 0 saturated heterocycles. The molecule has 0 radical (unpaired) electrons. The molecule has 3 aromatic rings. The van der Waals surface area contributed by atoms with Crippen molar-refractivity contribution in [3.8, 4) is 0 Å². The molecule has 0 fully saturated rings. The van der Waals surface area contributed by atoms with E-state index in [1.165, 1.54) is 43.3 Å². The number of rotatable bonds is 6. The number of nitrogens with zero attached hydrogens (tertiary/aromatic N) is 1. The van der Waals surface area contributed by atoms with E-state index >= 15 is 0 Å². The van der Waals surface area contributed by atoms with E-state index in [0.29, 0.717) is 21.8 Å². The van der Waals surface area contributed by atoms with Crippen LogP contribution in [0, 0.1) is 17.0 Å². The van der Waals surface area contributed by atoms with Gasteiger partial charge in [0.25, 0.3) is 21.6 Å². The number of hydrogen-bond acceptors (Lipinski definition) is 5. The highest BCUT2D eigenvalue weighted by molar-refractivity contribution is 7.92. The van der Waals surface area contributed by atoms with Crippen molar-refractivity contribution in [1.29, 1.82) is 0 Å². The lowest BCUT2D eigenvalue weighted by Crippen LogP contribution is -2.14. The van der Waals surface area contributed by atoms with Crippen molar-refractivity contribution in [1.82, 2.24) is 0 Å². The molecule has 10 heteroatoms. The smallest absolute Gasteiger partial charge is 0.273 e. The molecule has 2 N–H and O–H groups in total. The van der Waals surface area contributed by atoms with Gasteiger partial charge in [0.15, 0.2) is 0 Å². The lowest BCUT2D eigenvalue weighted by molar-refractivity contribution is -0.385. The van der Waals surface area contributed by atoms with Gasteiger partial charge in [-0.25, -0.2) is 8.42 Å². The van der Waals surface area contributed by atoms with Gasteiger partial charge in [0.2, 0.25) is 0 Å². The Morgan fingerprint density at radius 3 is 2.33 bits per heavy atom. The van der Waals surface area contributed by atoms with Crippen LogP contribution in [0.2, 0.25) is 5.02 Å². The zero-order valence-electron chi connectivity index (χ0n) is 15.6. The number of aryl methyl sites for hydroxylation is 1. The number of nitro groups is 1. The Morgan fingerprint density at radius 1 is 1.00 bits per heavy atom. The van der Waals surface area contributed by atoms with E-state index in [9.17, 15) is 23.3 Å². The minimum atomic E-state index is -4.04. The van der Waals surface area contributed by atoms with Crippen LogP contribution in [0.25, 0.3) is 0 Å². The first kappa shape index (κ1) is 21.3. The molecule has 0 atom stereocenters. The summed E-state index contributed by atoms with van der Waals surface area (Å²) >= 11 is 5.89. The van der Waals surface area contributed by atoms with Crippen LogP contribution in [-0.2, 0) is 10.0 Å². The van der Waals surface area contributed by atoms with E-state index in [0.717, 1.165) is 6.07 Å². The first-order chi connectivity index (χ1) is 14.2. The fourth-order valence-corrected chi connectivity index (χ4v) is 3.89. The lowest BCUT2D eigenvalue weighted by Gasteiger charge is -2.10. The van der Waals surface area contributed by atoms with Crippen molar-refractivity contribution in [2.24, 2.45) is 0 Å². The van der Waals surface area contributed by atoms with E-state index in [2.05, 4.69) is 10.0 Å². The van der Waals surface area contributed by atoms with Crippen molar-refractivity contribution in [3.05, 3.63) is 93.0 Å². The van der Waals surface area contributed by atoms with Gasteiger partial charge in [0.05, 0.1) is 9.82 Å². The molecule has 0 aliphatic heterocycles. The number of anilines is 2. The molecule has 0 bridgehead atoms. The molecule has 3 rings (SSSR count). The molecule has 0 saturated carbocycles. The van der Waals surface area contributed by atoms with Crippen LogP contribution in [0.1, 0.15) is 15.9 Å². The standard InChI is InChI=1S/C20H16ClN3O5S/c1-13-5-10-18(12-19(13)24(26)27)30(28,29)23-16-8-6-14(7-9-16)20(25)22-17-4-2-3-15(21)11-17/h2-12,23H,1H3,(H,22,25). The highest BCUT2D eigenvalue weighted by Crippen LogP contribution is 2.24. The molecule has 0 aliphatic rings. The fraction of sp³-hybridized carbons (Fsp3) is 0.0500. The summed E-state index contributed by atoms with van der Waals surface area (Å²) < 4.78 is 27.5. The predicted molar refractivity (Wildman–Crippen MR) is 114 cm³/mol. The maximum absolute atomic E-state index is 12.6. The summed E-state index contributed by atoms with van der Waals surface area (Å²) in [5.74, 6) is -0.388. The number of nitro benzene ring substituents is 1. The Hall–Kier alpha value is -3.43. The monoisotopic (exact) mass is 445 g/mol. The minimum absolute atomic E-state index is 0.206. The number of amides is 1. The third kappa shape index (κ3) is 4.94. The van der Waals surface area contributed by atoms with E-state index in [-0.39, 0.29) is 22.2 Å². The van der Waals surface area contributed by atoms with E-state index in [1.807, 2.05) is 0 Å². The molecule has 8 nitrogen and oxygen atoms in total. The van der Waals surface area contributed by atoms with E-state index in [1.54, 1.807) is 24.3 Å². The molecular weight excluding hydrogens is 430 g/mol. The molecule has 0 unspecified atom stereocenters. The maximum Gasteiger partial charge on any atom is 0.273 e. The van der Waals surface area contributed by atoms with Crippen LogP contribution in [0.3, 0.4) is 0 Å².